The number of ether oxygens (including phenoxy) is 1. The smallest absolute Gasteiger partial charge is 0.274 e. The van der Waals surface area contributed by atoms with Gasteiger partial charge in [0.05, 0.1) is 18.5 Å². The summed E-state index contributed by atoms with van der Waals surface area (Å²) in [5, 5.41) is 2.71. The van der Waals surface area contributed by atoms with E-state index in [2.05, 4.69) is 31.2 Å². The number of nitrogens with zero attached hydrogens (tertiary/aromatic N) is 2. The molecule has 0 fully saturated rings. The maximum absolute atomic E-state index is 11.9. The van der Waals surface area contributed by atoms with E-state index in [4.69, 9.17) is 4.74 Å². The van der Waals surface area contributed by atoms with Crippen LogP contribution in [0.2, 0.25) is 0 Å². The zero-order valence-electron chi connectivity index (χ0n) is 10.3. The van der Waals surface area contributed by atoms with Crippen molar-refractivity contribution in [3.63, 3.8) is 0 Å². The van der Waals surface area contributed by atoms with Gasteiger partial charge >= 0.3 is 0 Å². The Kier molecular flexibility index (Phi) is 4.46. The van der Waals surface area contributed by atoms with Crippen LogP contribution >= 0.6 is 15.9 Å². The van der Waals surface area contributed by atoms with Crippen LogP contribution in [0, 0.1) is 0 Å². The Morgan fingerprint density at radius 2 is 2.21 bits per heavy atom. The first-order chi connectivity index (χ1) is 9.19. The molecule has 0 aliphatic carbocycles. The first kappa shape index (κ1) is 13.5. The van der Waals surface area contributed by atoms with Crippen LogP contribution in [-0.4, -0.2) is 22.5 Å². The molecule has 2 rings (SSSR count). The fourth-order valence-electron chi connectivity index (χ4n) is 1.42. The van der Waals surface area contributed by atoms with E-state index in [-0.39, 0.29) is 5.91 Å². The van der Waals surface area contributed by atoms with Crippen LogP contribution in [-0.2, 0) is 0 Å². The Hall–Kier alpha value is -1.95. The number of amides is 1. The van der Waals surface area contributed by atoms with Crippen LogP contribution in [0.15, 0.2) is 41.1 Å². The molecular formula is C13H12BrN3O2. The van der Waals surface area contributed by atoms with E-state index < -0.39 is 0 Å². The summed E-state index contributed by atoms with van der Waals surface area (Å²) < 4.78 is 5.84. The summed E-state index contributed by atoms with van der Waals surface area (Å²) in [4.78, 5) is 20.1. The van der Waals surface area contributed by atoms with E-state index in [1.165, 1.54) is 0 Å². The molecule has 19 heavy (non-hydrogen) atoms. The standard InChI is InChI=1S/C13H12BrN3O2/c1-2-19-12-7-6-9(8-15-12)16-13(18)10-4-3-5-11(14)17-10/h3-8H,2H2,1H3,(H,16,18). The molecule has 0 radical (unpaired) electrons. The Balaban J connectivity index is 2.06. The average molecular weight is 322 g/mol. The lowest BCUT2D eigenvalue weighted by Gasteiger charge is -2.06. The molecule has 0 spiro atoms. The van der Waals surface area contributed by atoms with E-state index in [1.807, 2.05) is 6.92 Å². The number of nitrogens with one attached hydrogen (secondary N) is 1. The Morgan fingerprint density at radius 3 is 2.84 bits per heavy atom. The molecule has 0 atom stereocenters. The van der Waals surface area contributed by atoms with Gasteiger partial charge in [0.15, 0.2) is 0 Å². The molecule has 5 nitrogen and oxygen atoms in total. The molecule has 0 saturated carbocycles. The lowest BCUT2D eigenvalue weighted by molar-refractivity contribution is 0.102. The fraction of sp³-hybridized carbons (Fsp3) is 0.154. The number of hydrogen-bond acceptors (Lipinski definition) is 4. The molecule has 2 aromatic heterocycles. The molecule has 0 bridgehead atoms. The molecular weight excluding hydrogens is 310 g/mol. The maximum atomic E-state index is 11.9. The minimum atomic E-state index is -0.285. The van der Waals surface area contributed by atoms with Gasteiger partial charge in [-0.3, -0.25) is 4.79 Å². The van der Waals surface area contributed by atoms with Crippen molar-refractivity contribution in [2.75, 3.05) is 11.9 Å². The number of anilines is 1. The monoisotopic (exact) mass is 321 g/mol. The Labute approximate surface area is 119 Å². The highest BCUT2D eigenvalue weighted by Crippen LogP contribution is 2.13. The zero-order chi connectivity index (χ0) is 13.7. The predicted octanol–water partition coefficient (Wildman–Crippen LogP) is 2.89. The normalized spacial score (nSPS) is 10.0. The highest BCUT2D eigenvalue weighted by atomic mass is 79.9. The molecule has 6 heteroatoms. The Bertz CT molecular complexity index is 572. The van der Waals surface area contributed by atoms with Crippen molar-refractivity contribution in [2.24, 2.45) is 0 Å². The molecule has 0 unspecified atom stereocenters. The van der Waals surface area contributed by atoms with Gasteiger partial charge in [0.1, 0.15) is 10.3 Å². The van der Waals surface area contributed by atoms with Crippen molar-refractivity contribution in [2.45, 2.75) is 6.92 Å². The molecule has 2 aromatic rings. The summed E-state index contributed by atoms with van der Waals surface area (Å²) >= 11 is 3.22. The fourth-order valence-corrected chi connectivity index (χ4v) is 1.76. The van der Waals surface area contributed by atoms with Crippen molar-refractivity contribution in [3.05, 3.63) is 46.8 Å². The molecule has 98 valence electrons. The molecule has 0 aliphatic rings. The SMILES string of the molecule is CCOc1ccc(NC(=O)c2cccc(Br)n2)cn1. The van der Waals surface area contributed by atoms with E-state index in [1.54, 1.807) is 36.5 Å². The van der Waals surface area contributed by atoms with Gasteiger partial charge in [-0.1, -0.05) is 6.07 Å². The van der Waals surface area contributed by atoms with Crippen LogP contribution in [0.1, 0.15) is 17.4 Å². The quantitative estimate of drug-likeness (QED) is 0.879. The van der Waals surface area contributed by atoms with E-state index in [0.29, 0.717) is 28.5 Å². The van der Waals surface area contributed by atoms with Gasteiger partial charge in [-0.2, -0.15) is 0 Å². The average Bonchev–Trinajstić information content (AvgIpc) is 2.41. The minimum Gasteiger partial charge on any atom is -0.478 e. The van der Waals surface area contributed by atoms with Crippen molar-refractivity contribution >= 4 is 27.5 Å². The largest absolute Gasteiger partial charge is 0.478 e. The number of carbonyl (C=O) groups excluding carboxylic acids is 1. The van der Waals surface area contributed by atoms with Crippen LogP contribution in [0.4, 0.5) is 5.69 Å². The van der Waals surface area contributed by atoms with Gasteiger partial charge in [-0.25, -0.2) is 9.97 Å². The summed E-state index contributed by atoms with van der Waals surface area (Å²) in [5.41, 5.74) is 0.929. The van der Waals surface area contributed by atoms with Crippen LogP contribution in [0.3, 0.4) is 0 Å². The van der Waals surface area contributed by atoms with Gasteiger partial charge in [-0.05, 0) is 41.1 Å². The number of hydrogen-bond donors (Lipinski definition) is 1. The van der Waals surface area contributed by atoms with Gasteiger partial charge in [0.2, 0.25) is 5.88 Å². The summed E-state index contributed by atoms with van der Waals surface area (Å²) in [6, 6.07) is 8.58. The van der Waals surface area contributed by atoms with E-state index >= 15 is 0 Å². The lowest BCUT2D eigenvalue weighted by Crippen LogP contribution is -2.13. The minimum absolute atomic E-state index is 0.285. The third-order valence-electron chi connectivity index (χ3n) is 2.23. The summed E-state index contributed by atoms with van der Waals surface area (Å²) in [7, 11) is 0. The summed E-state index contributed by atoms with van der Waals surface area (Å²) in [6.07, 6.45) is 1.54. The number of halogens is 1. The van der Waals surface area contributed by atoms with E-state index in [0.717, 1.165) is 0 Å². The van der Waals surface area contributed by atoms with Crippen molar-refractivity contribution in [3.8, 4) is 5.88 Å². The van der Waals surface area contributed by atoms with Gasteiger partial charge in [0, 0.05) is 6.07 Å². The van der Waals surface area contributed by atoms with Crippen LogP contribution in [0.5, 0.6) is 5.88 Å². The van der Waals surface area contributed by atoms with Crippen molar-refractivity contribution in [1.82, 2.24) is 9.97 Å². The number of pyridine rings is 2. The van der Waals surface area contributed by atoms with Crippen molar-refractivity contribution < 1.29 is 9.53 Å². The molecule has 0 aromatic carbocycles. The molecule has 0 saturated heterocycles. The second-order valence-electron chi connectivity index (χ2n) is 3.62. The second-order valence-corrected chi connectivity index (χ2v) is 4.43. The topological polar surface area (TPSA) is 64.1 Å². The van der Waals surface area contributed by atoms with Crippen LogP contribution < -0.4 is 10.1 Å². The molecule has 2 heterocycles. The lowest BCUT2D eigenvalue weighted by atomic mass is 10.3. The predicted molar refractivity (Wildman–Crippen MR) is 75.3 cm³/mol. The van der Waals surface area contributed by atoms with Gasteiger partial charge < -0.3 is 10.1 Å². The highest BCUT2D eigenvalue weighted by molar-refractivity contribution is 9.10. The summed E-state index contributed by atoms with van der Waals surface area (Å²) in [6.45, 7) is 2.44. The van der Waals surface area contributed by atoms with Crippen LogP contribution in [0.25, 0.3) is 0 Å². The first-order valence-corrected chi connectivity index (χ1v) is 6.51. The molecule has 1 N–H and O–H groups in total. The highest BCUT2D eigenvalue weighted by Gasteiger charge is 2.08. The van der Waals surface area contributed by atoms with Crippen molar-refractivity contribution in [1.29, 1.82) is 0 Å². The number of rotatable bonds is 4. The number of aromatic nitrogens is 2. The second kappa shape index (κ2) is 6.29. The summed E-state index contributed by atoms with van der Waals surface area (Å²) in [5.74, 6) is 0.244. The third kappa shape index (κ3) is 3.75. The van der Waals surface area contributed by atoms with E-state index in [9.17, 15) is 4.79 Å². The third-order valence-corrected chi connectivity index (χ3v) is 2.68. The Morgan fingerprint density at radius 1 is 1.37 bits per heavy atom. The number of carbonyl (C=O) groups is 1. The zero-order valence-corrected chi connectivity index (χ0v) is 11.8. The van der Waals surface area contributed by atoms with Gasteiger partial charge in [-0.15, -0.1) is 0 Å². The first-order valence-electron chi connectivity index (χ1n) is 5.72. The molecule has 1 amide bonds. The maximum Gasteiger partial charge on any atom is 0.274 e. The van der Waals surface area contributed by atoms with Gasteiger partial charge in [0.25, 0.3) is 5.91 Å². The molecule has 0 aliphatic heterocycles.